The Labute approximate surface area is 152 Å². The lowest BCUT2D eigenvalue weighted by atomic mass is 9.79. The zero-order valence-electron chi connectivity index (χ0n) is 13.0. The number of fused-ring (bicyclic) bond motifs is 4. The summed E-state index contributed by atoms with van der Waals surface area (Å²) in [6.45, 7) is 3.72. The number of imidazole rings is 1. The van der Waals surface area contributed by atoms with Gasteiger partial charge in [0.05, 0.1) is 0 Å². The van der Waals surface area contributed by atoms with Gasteiger partial charge in [-0.15, -0.1) is 0 Å². The fourth-order valence-electron chi connectivity index (χ4n) is 3.29. The Balaban J connectivity index is 2.13. The molecule has 4 rings (SSSR count). The van der Waals surface area contributed by atoms with Gasteiger partial charge in [0.15, 0.2) is 11.4 Å². The maximum absolute atomic E-state index is 6.19. The SMILES string of the molecule is CC1=C(/C=C(\C)Cl)C2(N=C(N)n3ccnc32)c2cc(Br)ccc2O1. The molecule has 7 heteroatoms. The smallest absolute Gasteiger partial charge is 0.202 e. The second-order valence-corrected chi connectivity index (χ2v) is 7.26. The van der Waals surface area contributed by atoms with Gasteiger partial charge in [0, 0.05) is 33.0 Å². The lowest BCUT2D eigenvalue weighted by Gasteiger charge is -2.34. The number of hydrogen-bond acceptors (Lipinski definition) is 4. The van der Waals surface area contributed by atoms with Crippen LogP contribution in [0.15, 0.2) is 62.5 Å². The number of allylic oxidation sites excluding steroid dienone is 2. The quantitative estimate of drug-likeness (QED) is 0.783. The molecule has 2 aliphatic heterocycles. The van der Waals surface area contributed by atoms with Crippen LogP contribution in [0.25, 0.3) is 0 Å². The average molecular weight is 406 g/mol. The standard InChI is InChI=1S/C17H14BrClN4O/c1-9(19)7-12-10(2)24-14-4-3-11(18)8-13(14)17(12)15-21-5-6-23(15)16(20)22-17/h3-8H,1-2H3,(H2,20,22)/b9-7+. The van der Waals surface area contributed by atoms with Gasteiger partial charge in [0.1, 0.15) is 11.5 Å². The zero-order valence-corrected chi connectivity index (χ0v) is 15.4. The number of nitrogens with two attached hydrogens (primary N) is 1. The zero-order chi connectivity index (χ0) is 17.1. The van der Waals surface area contributed by atoms with Gasteiger partial charge in [-0.3, -0.25) is 4.57 Å². The Hall–Kier alpha value is -2.05. The Bertz CT molecular complexity index is 955. The Morgan fingerprint density at radius 2 is 2.25 bits per heavy atom. The fraction of sp³-hybridized carbons (Fsp3) is 0.176. The highest BCUT2D eigenvalue weighted by Crippen LogP contribution is 2.51. The van der Waals surface area contributed by atoms with Crippen LogP contribution in [0.4, 0.5) is 0 Å². The largest absolute Gasteiger partial charge is 0.461 e. The molecule has 0 fully saturated rings. The van der Waals surface area contributed by atoms with Gasteiger partial charge in [0.2, 0.25) is 5.96 Å². The van der Waals surface area contributed by atoms with E-state index in [0.717, 1.165) is 32.9 Å². The van der Waals surface area contributed by atoms with E-state index in [4.69, 9.17) is 27.1 Å². The van der Waals surface area contributed by atoms with Crippen molar-refractivity contribution in [1.29, 1.82) is 0 Å². The molecule has 0 saturated heterocycles. The van der Waals surface area contributed by atoms with Gasteiger partial charge < -0.3 is 10.5 Å². The summed E-state index contributed by atoms with van der Waals surface area (Å²) < 4.78 is 8.74. The van der Waals surface area contributed by atoms with Gasteiger partial charge in [0.25, 0.3) is 0 Å². The molecule has 0 radical (unpaired) electrons. The molecule has 1 spiro atoms. The third-order valence-electron chi connectivity index (χ3n) is 4.20. The highest BCUT2D eigenvalue weighted by atomic mass is 79.9. The van der Waals surface area contributed by atoms with Crippen LogP contribution in [0.2, 0.25) is 0 Å². The Kier molecular flexibility index (Phi) is 3.37. The molecule has 0 saturated carbocycles. The van der Waals surface area contributed by atoms with Crippen molar-refractivity contribution >= 4 is 33.5 Å². The van der Waals surface area contributed by atoms with Crippen molar-refractivity contribution in [1.82, 2.24) is 9.55 Å². The van der Waals surface area contributed by atoms with Crippen LogP contribution in [-0.2, 0) is 5.54 Å². The van der Waals surface area contributed by atoms with Crippen molar-refractivity contribution in [3.8, 4) is 5.75 Å². The van der Waals surface area contributed by atoms with Crippen molar-refractivity contribution in [2.24, 2.45) is 10.7 Å². The average Bonchev–Trinajstić information content (AvgIpc) is 3.09. The second kappa shape index (κ2) is 5.22. The summed E-state index contributed by atoms with van der Waals surface area (Å²) in [6, 6.07) is 5.83. The summed E-state index contributed by atoms with van der Waals surface area (Å²) in [4.78, 5) is 9.34. The first-order valence-electron chi connectivity index (χ1n) is 7.36. The van der Waals surface area contributed by atoms with Gasteiger partial charge in [-0.1, -0.05) is 27.5 Å². The number of rotatable bonds is 1. The van der Waals surface area contributed by atoms with Gasteiger partial charge in [-0.05, 0) is 38.1 Å². The molecule has 5 nitrogen and oxygen atoms in total. The van der Waals surface area contributed by atoms with Crippen molar-refractivity contribution < 1.29 is 4.74 Å². The van der Waals surface area contributed by atoms with E-state index < -0.39 is 5.54 Å². The minimum absolute atomic E-state index is 0.390. The predicted octanol–water partition coefficient (Wildman–Crippen LogP) is 3.87. The normalized spacial score (nSPS) is 22.3. The van der Waals surface area contributed by atoms with Crippen LogP contribution >= 0.6 is 27.5 Å². The molecule has 1 aromatic carbocycles. The molecule has 0 amide bonds. The van der Waals surface area contributed by atoms with E-state index in [0.29, 0.717) is 11.0 Å². The topological polar surface area (TPSA) is 65.4 Å². The number of aromatic nitrogens is 2. The molecule has 2 aromatic rings. The van der Waals surface area contributed by atoms with Crippen molar-refractivity contribution in [2.45, 2.75) is 19.4 Å². The Morgan fingerprint density at radius 3 is 3.00 bits per heavy atom. The molecule has 1 atom stereocenters. The van der Waals surface area contributed by atoms with Crippen LogP contribution in [0.5, 0.6) is 5.75 Å². The van der Waals surface area contributed by atoms with E-state index in [1.54, 1.807) is 17.0 Å². The van der Waals surface area contributed by atoms with Gasteiger partial charge >= 0.3 is 0 Å². The predicted molar refractivity (Wildman–Crippen MR) is 97.1 cm³/mol. The monoisotopic (exact) mass is 404 g/mol. The summed E-state index contributed by atoms with van der Waals surface area (Å²) in [5, 5.41) is 0.629. The molecule has 1 unspecified atom stereocenters. The van der Waals surface area contributed by atoms with Crippen LogP contribution < -0.4 is 10.5 Å². The summed E-state index contributed by atoms with van der Waals surface area (Å²) >= 11 is 9.72. The highest BCUT2D eigenvalue weighted by molar-refractivity contribution is 9.10. The maximum atomic E-state index is 6.19. The molecule has 0 aliphatic carbocycles. The maximum Gasteiger partial charge on any atom is 0.202 e. The van der Waals surface area contributed by atoms with Crippen LogP contribution in [-0.4, -0.2) is 15.5 Å². The third-order valence-corrected chi connectivity index (χ3v) is 4.80. The lowest BCUT2D eigenvalue weighted by molar-refractivity contribution is 0.375. The summed E-state index contributed by atoms with van der Waals surface area (Å²) in [7, 11) is 0. The number of benzene rings is 1. The lowest BCUT2D eigenvalue weighted by Crippen LogP contribution is -2.32. The molecule has 0 bridgehead atoms. The van der Waals surface area contributed by atoms with Crippen molar-refractivity contribution in [3.05, 3.63) is 68.9 Å². The molecule has 122 valence electrons. The van der Waals surface area contributed by atoms with E-state index in [1.807, 2.05) is 38.1 Å². The van der Waals surface area contributed by atoms with E-state index in [-0.39, 0.29) is 0 Å². The number of ether oxygens (including phenoxy) is 1. The van der Waals surface area contributed by atoms with Crippen molar-refractivity contribution in [3.63, 3.8) is 0 Å². The second-order valence-electron chi connectivity index (χ2n) is 5.74. The number of aliphatic imine (C=N–C) groups is 1. The highest BCUT2D eigenvalue weighted by Gasteiger charge is 2.50. The minimum Gasteiger partial charge on any atom is -0.461 e. The van der Waals surface area contributed by atoms with E-state index in [2.05, 4.69) is 20.9 Å². The molecule has 24 heavy (non-hydrogen) atoms. The third kappa shape index (κ3) is 1.99. The van der Waals surface area contributed by atoms with Crippen LogP contribution in [0.1, 0.15) is 25.2 Å². The van der Waals surface area contributed by atoms with Gasteiger partial charge in [-0.2, -0.15) is 0 Å². The van der Waals surface area contributed by atoms with E-state index in [9.17, 15) is 0 Å². The first-order valence-corrected chi connectivity index (χ1v) is 8.53. The van der Waals surface area contributed by atoms with Crippen LogP contribution in [0, 0.1) is 0 Å². The summed E-state index contributed by atoms with van der Waals surface area (Å²) in [6.07, 6.45) is 5.39. The van der Waals surface area contributed by atoms with Crippen LogP contribution in [0.3, 0.4) is 0 Å². The molecule has 1 aromatic heterocycles. The number of halogens is 2. The van der Waals surface area contributed by atoms with Gasteiger partial charge in [-0.25, -0.2) is 9.98 Å². The molecule has 3 heterocycles. The molecule has 2 N–H and O–H groups in total. The molecular weight excluding hydrogens is 392 g/mol. The summed E-state index contributed by atoms with van der Waals surface area (Å²) in [5.74, 6) is 2.57. The van der Waals surface area contributed by atoms with E-state index >= 15 is 0 Å². The first-order chi connectivity index (χ1) is 11.4. The minimum atomic E-state index is -0.870. The first kappa shape index (κ1) is 15.5. The van der Waals surface area contributed by atoms with E-state index in [1.165, 1.54) is 0 Å². The molecule has 2 aliphatic rings. The summed E-state index contributed by atoms with van der Waals surface area (Å²) in [5.41, 5.74) is 7.01. The number of hydrogen-bond donors (Lipinski definition) is 1. The number of nitrogens with zero attached hydrogens (tertiary/aromatic N) is 3. The fourth-order valence-corrected chi connectivity index (χ4v) is 3.76. The molecular formula is C17H14BrClN4O. The van der Waals surface area contributed by atoms with Crippen molar-refractivity contribution in [2.75, 3.05) is 0 Å². The Morgan fingerprint density at radius 1 is 1.46 bits per heavy atom.